The van der Waals surface area contributed by atoms with E-state index >= 15 is 0 Å². The van der Waals surface area contributed by atoms with E-state index in [0.29, 0.717) is 35.0 Å². The summed E-state index contributed by atoms with van der Waals surface area (Å²) in [6, 6.07) is 11.4. The fourth-order valence-corrected chi connectivity index (χ4v) is 2.45. The number of amides is 2. The summed E-state index contributed by atoms with van der Waals surface area (Å²) in [5, 5.41) is 6.34. The third kappa shape index (κ3) is 7.63. The van der Waals surface area contributed by atoms with E-state index in [1.54, 1.807) is 43.3 Å². The second-order valence-electron chi connectivity index (χ2n) is 6.21. The first-order chi connectivity index (χ1) is 15.5. The molecule has 0 aliphatic rings. The Morgan fingerprint density at radius 1 is 1.00 bits per heavy atom. The van der Waals surface area contributed by atoms with Crippen LogP contribution in [0.3, 0.4) is 0 Å². The highest BCUT2D eigenvalue weighted by molar-refractivity contribution is 5.97. The molecule has 0 heterocycles. The van der Waals surface area contributed by atoms with Crippen LogP contribution in [-0.2, 0) is 14.3 Å². The summed E-state index contributed by atoms with van der Waals surface area (Å²) in [6.07, 6.45) is 1.43. The maximum atomic E-state index is 12.2. The van der Waals surface area contributed by atoms with Gasteiger partial charge in [-0.25, -0.2) is 10.2 Å². The zero-order chi connectivity index (χ0) is 23.3. The molecular formula is C22H25N3O7. The summed E-state index contributed by atoms with van der Waals surface area (Å²) in [5.41, 5.74) is 3.35. The highest BCUT2D eigenvalue weighted by Crippen LogP contribution is 2.27. The molecule has 0 atom stereocenters. The van der Waals surface area contributed by atoms with Crippen LogP contribution in [0.4, 0.5) is 0 Å². The Bertz CT molecular complexity index is 958. The molecule has 32 heavy (non-hydrogen) atoms. The molecule has 2 aromatic carbocycles. The number of nitrogens with zero attached hydrogens (tertiary/aromatic N) is 1. The molecule has 0 saturated carbocycles. The van der Waals surface area contributed by atoms with Crippen LogP contribution in [0, 0.1) is 0 Å². The molecule has 0 aromatic heterocycles. The van der Waals surface area contributed by atoms with Crippen molar-refractivity contribution >= 4 is 24.0 Å². The summed E-state index contributed by atoms with van der Waals surface area (Å²) < 4.78 is 20.4. The molecule has 0 bridgehead atoms. The van der Waals surface area contributed by atoms with Gasteiger partial charge >= 0.3 is 5.97 Å². The van der Waals surface area contributed by atoms with Gasteiger partial charge in [-0.3, -0.25) is 9.59 Å². The first kappa shape index (κ1) is 24.2. The van der Waals surface area contributed by atoms with Gasteiger partial charge in [-0.1, -0.05) is 0 Å². The predicted octanol–water partition coefficient (Wildman–Crippen LogP) is 1.53. The van der Waals surface area contributed by atoms with Crippen molar-refractivity contribution in [2.24, 2.45) is 5.10 Å². The number of ether oxygens (including phenoxy) is 4. The third-order valence-electron chi connectivity index (χ3n) is 4.00. The Morgan fingerprint density at radius 3 is 2.38 bits per heavy atom. The van der Waals surface area contributed by atoms with Crippen LogP contribution < -0.4 is 25.0 Å². The molecule has 2 N–H and O–H groups in total. The van der Waals surface area contributed by atoms with Gasteiger partial charge in [-0.15, -0.1) is 0 Å². The van der Waals surface area contributed by atoms with Crippen LogP contribution in [-0.4, -0.2) is 58.0 Å². The van der Waals surface area contributed by atoms with E-state index in [-0.39, 0.29) is 13.2 Å². The number of hydrogen-bond donors (Lipinski definition) is 2. The first-order valence-electron chi connectivity index (χ1n) is 9.67. The monoisotopic (exact) mass is 443 g/mol. The van der Waals surface area contributed by atoms with Crippen LogP contribution in [0.25, 0.3) is 0 Å². The van der Waals surface area contributed by atoms with Gasteiger partial charge in [0.05, 0.1) is 33.6 Å². The van der Waals surface area contributed by atoms with Crippen molar-refractivity contribution < 1.29 is 33.3 Å². The molecule has 0 unspecified atom stereocenters. The van der Waals surface area contributed by atoms with Crippen molar-refractivity contribution in [1.29, 1.82) is 0 Å². The molecule has 0 aliphatic heterocycles. The van der Waals surface area contributed by atoms with Gasteiger partial charge in [0.1, 0.15) is 5.75 Å². The number of esters is 1. The lowest BCUT2D eigenvalue weighted by molar-refractivity contribution is -0.145. The van der Waals surface area contributed by atoms with E-state index in [2.05, 4.69) is 15.8 Å². The van der Waals surface area contributed by atoms with Gasteiger partial charge in [0, 0.05) is 5.56 Å². The van der Waals surface area contributed by atoms with Gasteiger partial charge in [0.15, 0.2) is 18.1 Å². The molecule has 0 fully saturated rings. The average Bonchev–Trinajstić information content (AvgIpc) is 2.81. The van der Waals surface area contributed by atoms with Crippen LogP contribution in [0.5, 0.6) is 17.2 Å². The second-order valence-corrected chi connectivity index (χ2v) is 6.21. The molecule has 170 valence electrons. The standard InChI is InChI=1S/C22H25N3O7/c1-4-31-21(27)14-32-17-8-5-15(6-9-17)12-24-25-20(26)13-23-22(28)16-7-10-18(29-2)19(11-16)30-3/h5-12H,4,13-14H2,1-3H3,(H,23,28)(H,25,26)/b24-12-. The minimum atomic E-state index is -0.496. The minimum Gasteiger partial charge on any atom is -0.493 e. The Morgan fingerprint density at radius 2 is 1.72 bits per heavy atom. The Labute approximate surface area is 185 Å². The molecule has 0 saturated heterocycles. The molecular weight excluding hydrogens is 418 g/mol. The van der Waals surface area contributed by atoms with Gasteiger partial charge in [-0.2, -0.15) is 5.10 Å². The summed E-state index contributed by atoms with van der Waals surface area (Å²) >= 11 is 0. The molecule has 10 nitrogen and oxygen atoms in total. The number of methoxy groups -OCH3 is 2. The van der Waals surface area contributed by atoms with E-state index in [4.69, 9.17) is 18.9 Å². The lowest BCUT2D eigenvalue weighted by Gasteiger charge is -2.09. The number of carbonyl (C=O) groups excluding carboxylic acids is 3. The summed E-state index contributed by atoms with van der Waals surface area (Å²) in [6.45, 7) is 1.58. The lowest BCUT2D eigenvalue weighted by atomic mass is 10.2. The molecule has 2 rings (SSSR count). The number of hydrazone groups is 1. The van der Waals surface area contributed by atoms with Gasteiger partial charge in [0.2, 0.25) is 0 Å². The smallest absolute Gasteiger partial charge is 0.344 e. The molecule has 2 amide bonds. The molecule has 0 spiro atoms. The van der Waals surface area contributed by atoms with E-state index in [1.807, 2.05) is 0 Å². The van der Waals surface area contributed by atoms with E-state index < -0.39 is 17.8 Å². The maximum absolute atomic E-state index is 12.2. The fraction of sp³-hybridized carbons (Fsp3) is 0.273. The van der Waals surface area contributed by atoms with Crippen molar-refractivity contribution in [2.75, 3.05) is 34.0 Å². The van der Waals surface area contributed by atoms with Crippen molar-refractivity contribution in [1.82, 2.24) is 10.7 Å². The van der Waals surface area contributed by atoms with Crippen molar-refractivity contribution in [2.45, 2.75) is 6.92 Å². The normalized spacial score (nSPS) is 10.3. The van der Waals surface area contributed by atoms with Crippen LogP contribution in [0.1, 0.15) is 22.8 Å². The number of rotatable bonds is 11. The van der Waals surface area contributed by atoms with Crippen molar-refractivity contribution in [3.05, 3.63) is 53.6 Å². The van der Waals surface area contributed by atoms with E-state index in [0.717, 1.165) is 0 Å². The Kier molecular flexibility index (Phi) is 9.51. The lowest BCUT2D eigenvalue weighted by Crippen LogP contribution is -2.34. The van der Waals surface area contributed by atoms with E-state index in [1.165, 1.54) is 26.5 Å². The third-order valence-corrected chi connectivity index (χ3v) is 4.00. The summed E-state index contributed by atoms with van der Waals surface area (Å²) in [5.74, 6) is 0.0189. The van der Waals surface area contributed by atoms with Crippen molar-refractivity contribution in [3.8, 4) is 17.2 Å². The summed E-state index contributed by atoms with van der Waals surface area (Å²) in [7, 11) is 2.96. The molecule has 10 heteroatoms. The Hall–Kier alpha value is -4.08. The van der Waals surface area contributed by atoms with E-state index in [9.17, 15) is 14.4 Å². The van der Waals surface area contributed by atoms with Crippen LogP contribution in [0.15, 0.2) is 47.6 Å². The average molecular weight is 443 g/mol. The van der Waals surface area contributed by atoms with Crippen LogP contribution >= 0.6 is 0 Å². The minimum absolute atomic E-state index is 0.174. The number of benzene rings is 2. The quantitative estimate of drug-likeness (QED) is 0.307. The first-order valence-corrected chi connectivity index (χ1v) is 9.67. The van der Waals surface area contributed by atoms with Crippen molar-refractivity contribution in [3.63, 3.8) is 0 Å². The zero-order valence-corrected chi connectivity index (χ0v) is 18.0. The SMILES string of the molecule is CCOC(=O)COc1ccc(/C=N\NC(=O)CNC(=O)c2ccc(OC)c(OC)c2)cc1. The van der Waals surface area contributed by atoms with Crippen LogP contribution in [0.2, 0.25) is 0 Å². The molecule has 0 aliphatic carbocycles. The molecule has 0 radical (unpaired) electrons. The highest BCUT2D eigenvalue weighted by Gasteiger charge is 2.11. The number of carbonyl (C=O) groups is 3. The van der Waals surface area contributed by atoms with Gasteiger partial charge < -0.3 is 24.3 Å². The topological polar surface area (TPSA) is 125 Å². The summed E-state index contributed by atoms with van der Waals surface area (Å²) in [4.78, 5) is 35.4. The number of nitrogens with one attached hydrogen (secondary N) is 2. The molecule has 2 aromatic rings. The predicted molar refractivity (Wildman–Crippen MR) is 116 cm³/mol. The zero-order valence-electron chi connectivity index (χ0n) is 18.0. The Balaban J connectivity index is 1.77. The highest BCUT2D eigenvalue weighted by atomic mass is 16.6. The van der Waals surface area contributed by atoms with Gasteiger partial charge in [-0.05, 0) is 55.0 Å². The number of hydrogen-bond acceptors (Lipinski definition) is 8. The maximum Gasteiger partial charge on any atom is 0.344 e. The second kappa shape index (κ2) is 12.6. The van der Waals surface area contributed by atoms with Gasteiger partial charge in [0.25, 0.3) is 11.8 Å². The fourth-order valence-electron chi connectivity index (χ4n) is 2.45. The largest absolute Gasteiger partial charge is 0.493 e.